The lowest BCUT2D eigenvalue weighted by Crippen LogP contribution is -2.29. The topological polar surface area (TPSA) is 31.4 Å². The number of hydrogen-bond acceptors (Lipinski definition) is 4. The van der Waals surface area contributed by atoms with E-state index in [1.807, 2.05) is 6.20 Å². The van der Waals surface area contributed by atoms with Crippen LogP contribution in [0, 0.1) is 0 Å². The first kappa shape index (κ1) is 17.9. The van der Waals surface area contributed by atoms with Crippen LogP contribution in [0.2, 0.25) is 0 Å². The zero-order valence-electron chi connectivity index (χ0n) is 14.2. The Morgan fingerprint density at radius 2 is 1.67 bits per heavy atom. The molecule has 21 heavy (non-hydrogen) atoms. The molecule has 0 amide bonds. The van der Waals surface area contributed by atoms with Crippen LogP contribution in [0.1, 0.15) is 39.7 Å². The van der Waals surface area contributed by atoms with Gasteiger partial charge in [-0.05, 0) is 63.8 Å². The SMILES string of the molecule is CCNc1cc(CN(CC)CCCN(CC)CC)ccn1. The lowest BCUT2D eigenvalue weighted by atomic mass is 10.2. The van der Waals surface area contributed by atoms with Crippen molar-refractivity contribution in [3.8, 4) is 0 Å². The average molecular weight is 292 g/mol. The minimum Gasteiger partial charge on any atom is -0.370 e. The second-order valence-electron chi connectivity index (χ2n) is 5.33. The Morgan fingerprint density at radius 3 is 2.29 bits per heavy atom. The molecule has 1 heterocycles. The van der Waals surface area contributed by atoms with E-state index in [9.17, 15) is 0 Å². The molecule has 4 nitrogen and oxygen atoms in total. The third-order valence-corrected chi connectivity index (χ3v) is 3.88. The molecule has 0 saturated carbocycles. The molecule has 0 saturated heterocycles. The maximum Gasteiger partial charge on any atom is 0.126 e. The molecule has 0 aliphatic rings. The van der Waals surface area contributed by atoms with Crippen molar-refractivity contribution in [1.82, 2.24) is 14.8 Å². The normalized spacial score (nSPS) is 11.3. The number of aromatic nitrogens is 1. The predicted molar refractivity (Wildman–Crippen MR) is 91.8 cm³/mol. The second kappa shape index (κ2) is 10.6. The number of nitrogens with one attached hydrogen (secondary N) is 1. The lowest BCUT2D eigenvalue weighted by molar-refractivity contribution is 0.238. The third kappa shape index (κ3) is 6.91. The Hall–Kier alpha value is -1.13. The number of nitrogens with zero attached hydrogens (tertiary/aromatic N) is 3. The first-order chi connectivity index (χ1) is 10.2. The van der Waals surface area contributed by atoms with E-state index in [1.54, 1.807) is 0 Å². The van der Waals surface area contributed by atoms with Crippen LogP contribution in [0.5, 0.6) is 0 Å². The van der Waals surface area contributed by atoms with Gasteiger partial charge in [0.25, 0.3) is 0 Å². The van der Waals surface area contributed by atoms with Crippen LogP contribution in [0.15, 0.2) is 18.3 Å². The van der Waals surface area contributed by atoms with Gasteiger partial charge >= 0.3 is 0 Å². The van der Waals surface area contributed by atoms with Gasteiger partial charge in [0.1, 0.15) is 5.82 Å². The fourth-order valence-corrected chi connectivity index (χ4v) is 2.52. The standard InChI is InChI=1S/C17H32N4/c1-5-18-17-14-16(10-11-19-17)15-21(8-4)13-9-12-20(6-2)7-3/h10-11,14H,5-9,12-13,15H2,1-4H3,(H,18,19). The molecule has 120 valence electrons. The molecule has 0 radical (unpaired) electrons. The molecule has 0 aliphatic carbocycles. The second-order valence-corrected chi connectivity index (χ2v) is 5.33. The minimum absolute atomic E-state index is 0.914. The highest BCUT2D eigenvalue weighted by Crippen LogP contribution is 2.10. The van der Waals surface area contributed by atoms with Crippen LogP contribution in [0.25, 0.3) is 0 Å². The minimum atomic E-state index is 0.914. The van der Waals surface area contributed by atoms with Gasteiger partial charge in [0.05, 0.1) is 0 Å². The molecule has 0 atom stereocenters. The van der Waals surface area contributed by atoms with Gasteiger partial charge in [0, 0.05) is 19.3 Å². The fourth-order valence-electron chi connectivity index (χ4n) is 2.52. The van der Waals surface area contributed by atoms with Gasteiger partial charge in [-0.15, -0.1) is 0 Å². The van der Waals surface area contributed by atoms with Crippen molar-refractivity contribution >= 4 is 5.82 Å². The van der Waals surface area contributed by atoms with Gasteiger partial charge < -0.3 is 10.2 Å². The Kier molecular flexibility index (Phi) is 9.02. The summed E-state index contributed by atoms with van der Waals surface area (Å²) in [5.41, 5.74) is 1.34. The van der Waals surface area contributed by atoms with Gasteiger partial charge in [-0.1, -0.05) is 20.8 Å². The van der Waals surface area contributed by atoms with Crippen molar-refractivity contribution in [2.75, 3.05) is 44.6 Å². The van der Waals surface area contributed by atoms with Gasteiger partial charge in [-0.3, -0.25) is 4.90 Å². The van der Waals surface area contributed by atoms with Crippen LogP contribution in [-0.2, 0) is 6.54 Å². The summed E-state index contributed by atoms with van der Waals surface area (Å²) in [5, 5.41) is 3.28. The van der Waals surface area contributed by atoms with E-state index in [-0.39, 0.29) is 0 Å². The van der Waals surface area contributed by atoms with Crippen LogP contribution in [0.3, 0.4) is 0 Å². The van der Waals surface area contributed by atoms with Gasteiger partial charge in [0.15, 0.2) is 0 Å². The molecule has 0 unspecified atom stereocenters. The fraction of sp³-hybridized carbons (Fsp3) is 0.706. The zero-order chi connectivity index (χ0) is 15.5. The summed E-state index contributed by atoms with van der Waals surface area (Å²) >= 11 is 0. The Bertz CT molecular complexity index is 377. The Balaban J connectivity index is 2.44. The van der Waals surface area contributed by atoms with Crippen molar-refractivity contribution in [1.29, 1.82) is 0 Å². The molecule has 1 aromatic rings. The van der Waals surface area contributed by atoms with E-state index in [0.717, 1.165) is 45.1 Å². The quantitative estimate of drug-likeness (QED) is 0.679. The smallest absolute Gasteiger partial charge is 0.126 e. The van der Waals surface area contributed by atoms with E-state index in [4.69, 9.17) is 0 Å². The zero-order valence-corrected chi connectivity index (χ0v) is 14.2. The number of anilines is 1. The number of pyridine rings is 1. The van der Waals surface area contributed by atoms with E-state index in [0.29, 0.717) is 0 Å². The van der Waals surface area contributed by atoms with Gasteiger partial charge in [-0.2, -0.15) is 0 Å². The molecular formula is C17H32N4. The lowest BCUT2D eigenvalue weighted by Gasteiger charge is -2.23. The number of hydrogen-bond donors (Lipinski definition) is 1. The van der Waals surface area contributed by atoms with Crippen molar-refractivity contribution in [2.45, 2.75) is 40.7 Å². The Labute approximate surface area is 130 Å². The molecule has 1 rings (SSSR count). The summed E-state index contributed by atoms with van der Waals surface area (Å²) in [4.78, 5) is 9.33. The van der Waals surface area contributed by atoms with Crippen molar-refractivity contribution in [3.05, 3.63) is 23.9 Å². The Morgan fingerprint density at radius 1 is 1.00 bits per heavy atom. The summed E-state index contributed by atoms with van der Waals surface area (Å²) in [6.45, 7) is 16.5. The van der Waals surface area contributed by atoms with E-state index >= 15 is 0 Å². The van der Waals surface area contributed by atoms with Gasteiger partial charge in [-0.25, -0.2) is 4.98 Å². The molecule has 0 bridgehead atoms. The summed E-state index contributed by atoms with van der Waals surface area (Å²) in [6.07, 6.45) is 3.14. The number of rotatable bonds is 11. The van der Waals surface area contributed by atoms with E-state index in [1.165, 1.54) is 18.5 Å². The third-order valence-electron chi connectivity index (χ3n) is 3.88. The van der Waals surface area contributed by atoms with E-state index in [2.05, 4.69) is 59.9 Å². The molecule has 0 aromatic carbocycles. The molecule has 0 fully saturated rings. The molecule has 0 spiro atoms. The molecule has 4 heteroatoms. The summed E-state index contributed by atoms with van der Waals surface area (Å²) in [5.74, 6) is 0.981. The molecule has 0 aliphatic heterocycles. The summed E-state index contributed by atoms with van der Waals surface area (Å²) in [7, 11) is 0. The van der Waals surface area contributed by atoms with Crippen molar-refractivity contribution in [3.63, 3.8) is 0 Å². The van der Waals surface area contributed by atoms with Crippen LogP contribution < -0.4 is 5.32 Å². The maximum absolute atomic E-state index is 4.33. The molecule has 1 N–H and O–H groups in total. The van der Waals surface area contributed by atoms with E-state index < -0.39 is 0 Å². The largest absolute Gasteiger partial charge is 0.370 e. The first-order valence-electron chi connectivity index (χ1n) is 8.36. The highest BCUT2D eigenvalue weighted by molar-refractivity contribution is 5.37. The van der Waals surface area contributed by atoms with Crippen molar-refractivity contribution < 1.29 is 0 Å². The van der Waals surface area contributed by atoms with Crippen molar-refractivity contribution in [2.24, 2.45) is 0 Å². The van der Waals surface area contributed by atoms with Crippen LogP contribution >= 0.6 is 0 Å². The highest BCUT2D eigenvalue weighted by Gasteiger charge is 2.06. The van der Waals surface area contributed by atoms with Crippen LogP contribution in [0.4, 0.5) is 5.82 Å². The molecular weight excluding hydrogens is 260 g/mol. The van der Waals surface area contributed by atoms with Gasteiger partial charge in [0.2, 0.25) is 0 Å². The summed E-state index contributed by atoms with van der Waals surface area (Å²) in [6, 6.07) is 4.28. The van der Waals surface area contributed by atoms with Crippen LogP contribution in [-0.4, -0.2) is 54.1 Å². The first-order valence-corrected chi connectivity index (χ1v) is 8.36. The monoisotopic (exact) mass is 292 g/mol. The predicted octanol–water partition coefficient (Wildman–Crippen LogP) is 3.07. The molecule has 1 aromatic heterocycles. The summed E-state index contributed by atoms with van der Waals surface area (Å²) < 4.78 is 0. The maximum atomic E-state index is 4.33. The highest BCUT2D eigenvalue weighted by atomic mass is 15.1. The average Bonchev–Trinajstić information content (AvgIpc) is 2.51.